The van der Waals surface area contributed by atoms with Crippen molar-refractivity contribution in [3.8, 4) is 0 Å². The smallest absolute Gasteiger partial charge is 0.421 e. The molecule has 0 radical (unpaired) electrons. The van der Waals surface area contributed by atoms with E-state index in [1.165, 1.54) is 40.7 Å². The lowest BCUT2D eigenvalue weighted by atomic mass is 9.95. The fraction of sp³-hybridized carbons (Fsp3) is 0.346. The van der Waals surface area contributed by atoms with Crippen molar-refractivity contribution in [1.29, 1.82) is 0 Å². The summed E-state index contributed by atoms with van der Waals surface area (Å²) in [6, 6.07) is 9.74. The summed E-state index contributed by atoms with van der Waals surface area (Å²) < 4.78 is 95.0. The molecule has 0 aromatic heterocycles. The Labute approximate surface area is 232 Å². The number of benzene rings is 2. The van der Waals surface area contributed by atoms with E-state index in [9.17, 15) is 35.6 Å². The van der Waals surface area contributed by atoms with E-state index >= 15 is 0 Å². The van der Waals surface area contributed by atoms with Crippen molar-refractivity contribution in [2.75, 3.05) is 30.3 Å². The van der Waals surface area contributed by atoms with Crippen LogP contribution in [0.4, 0.5) is 23.2 Å². The standard InChI is InChI=1S/C26H26F4N2O4S3/c1-25(33,26(28,29)30)18-9-11-20(12-10-18)32-14-13-31(39(35,36)24-8-3-2-7-23(24)37)16-21(32)17-38(34)22-6-4-5-19(27)15-22/h2-6,8-12,15,21,33H,7,13-14,16-17H2,1H3/t21-,25?,38?/m1/s1. The summed E-state index contributed by atoms with van der Waals surface area (Å²) >= 11 is 3.55. The summed E-state index contributed by atoms with van der Waals surface area (Å²) in [5, 5.41) is 10.0. The highest BCUT2D eigenvalue weighted by atomic mass is 32.2. The number of anilines is 1. The molecule has 2 aromatic rings. The summed E-state index contributed by atoms with van der Waals surface area (Å²) in [7, 11) is -3.96. The second kappa shape index (κ2) is 11.3. The molecule has 2 unspecified atom stereocenters. The summed E-state index contributed by atoms with van der Waals surface area (Å²) in [5.74, 6) is -0.635. The number of alkyl halides is 3. The van der Waals surface area contributed by atoms with E-state index in [2.05, 4.69) is 0 Å². The molecule has 2 aromatic carbocycles. The molecule has 0 amide bonds. The van der Waals surface area contributed by atoms with Crippen LogP contribution in [0.3, 0.4) is 0 Å². The molecule has 0 bridgehead atoms. The Bertz CT molecular complexity index is 1390. The number of aliphatic hydroxyl groups is 1. The Morgan fingerprint density at radius 2 is 1.85 bits per heavy atom. The van der Waals surface area contributed by atoms with Crippen LogP contribution in [0, 0.1) is 5.82 Å². The van der Waals surface area contributed by atoms with Crippen LogP contribution in [0.2, 0.25) is 0 Å². The van der Waals surface area contributed by atoms with Crippen LogP contribution < -0.4 is 4.90 Å². The molecular weight excluding hydrogens is 576 g/mol. The van der Waals surface area contributed by atoms with E-state index in [0.29, 0.717) is 19.0 Å². The van der Waals surface area contributed by atoms with Gasteiger partial charge in [0.15, 0.2) is 10.5 Å². The number of hydrogen-bond acceptors (Lipinski definition) is 6. The SMILES string of the molecule is CC(O)(c1ccc(N2CCN(S(=O)(=O)C3=CC=CCC3=S)C[C@@H]2C[S+]([O-])c2cccc(F)c2)cc1)C(F)(F)F. The Hall–Kier alpha value is -2.29. The molecule has 1 saturated heterocycles. The minimum Gasteiger partial charge on any atom is -0.611 e. The van der Waals surface area contributed by atoms with Crippen molar-refractivity contribution < 1.29 is 35.6 Å². The highest BCUT2D eigenvalue weighted by Crippen LogP contribution is 2.39. The van der Waals surface area contributed by atoms with Crippen LogP contribution in [0.15, 0.2) is 76.6 Å². The lowest BCUT2D eigenvalue weighted by Crippen LogP contribution is -2.57. The van der Waals surface area contributed by atoms with Gasteiger partial charge in [0.1, 0.15) is 11.6 Å². The molecule has 0 spiro atoms. The molecule has 6 nitrogen and oxygen atoms in total. The maximum absolute atomic E-state index is 13.8. The van der Waals surface area contributed by atoms with Crippen molar-refractivity contribution in [2.24, 2.45) is 0 Å². The van der Waals surface area contributed by atoms with Gasteiger partial charge in [0.25, 0.3) is 0 Å². The van der Waals surface area contributed by atoms with Gasteiger partial charge in [-0.1, -0.05) is 42.6 Å². The van der Waals surface area contributed by atoms with Crippen LogP contribution in [0.5, 0.6) is 0 Å². The summed E-state index contributed by atoms with van der Waals surface area (Å²) in [6.45, 7) is 0.789. The van der Waals surface area contributed by atoms with Gasteiger partial charge in [-0.15, -0.1) is 0 Å². The maximum atomic E-state index is 13.8. The van der Waals surface area contributed by atoms with Gasteiger partial charge in [0.05, 0.1) is 10.9 Å². The van der Waals surface area contributed by atoms with Gasteiger partial charge in [-0.2, -0.15) is 17.5 Å². The van der Waals surface area contributed by atoms with Crippen molar-refractivity contribution in [3.63, 3.8) is 0 Å². The zero-order chi connectivity index (χ0) is 28.6. The monoisotopic (exact) mass is 602 g/mol. The van der Waals surface area contributed by atoms with Gasteiger partial charge in [-0.3, -0.25) is 0 Å². The molecule has 1 aliphatic heterocycles. The third-order valence-electron chi connectivity index (χ3n) is 6.74. The molecule has 3 atom stereocenters. The molecule has 210 valence electrons. The zero-order valence-corrected chi connectivity index (χ0v) is 23.2. The predicted molar refractivity (Wildman–Crippen MR) is 146 cm³/mol. The fourth-order valence-corrected chi connectivity index (χ4v) is 7.81. The van der Waals surface area contributed by atoms with Gasteiger partial charge in [0.2, 0.25) is 10.0 Å². The first-order valence-corrected chi connectivity index (χ1v) is 15.1. The van der Waals surface area contributed by atoms with Gasteiger partial charge in [-0.05, 0) is 54.0 Å². The average molecular weight is 603 g/mol. The first kappa shape index (κ1) is 29.7. The van der Waals surface area contributed by atoms with Crippen LogP contribution in [0.25, 0.3) is 0 Å². The number of halogens is 4. The number of hydrogen-bond donors (Lipinski definition) is 1. The van der Waals surface area contributed by atoms with Gasteiger partial charge < -0.3 is 14.6 Å². The van der Waals surface area contributed by atoms with E-state index in [0.717, 1.165) is 18.2 Å². The molecule has 13 heteroatoms. The molecule has 39 heavy (non-hydrogen) atoms. The highest BCUT2D eigenvalue weighted by molar-refractivity contribution is 7.96. The first-order valence-electron chi connectivity index (χ1n) is 11.9. The van der Waals surface area contributed by atoms with E-state index in [-0.39, 0.29) is 45.6 Å². The van der Waals surface area contributed by atoms with Gasteiger partial charge in [0, 0.05) is 42.7 Å². The molecule has 0 saturated carbocycles. The molecule has 2 aliphatic rings. The largest absolute Gasteiger partial charge is 0.611 e. The number of sulfonamides is 1. The number of piperazine rings is 1. The topological polar surface area (TPSA) is 83.9 Å². The third kappa shape index (κ3) is 6.23. The lowest BCUT2D eigenvalue weighted by molar-refractivity contribution is -0.258. The molecule has 1 fully saturated rings. The maximum Gasteiger partial charge on any atom is 0.421 e. The van der Waals surface area contributed by atoms with Gasteiger partial charge in [-0.25, -0.2) is 12.8 Å². The van der Waals surface area contributed by atoms with Crippen molar-refractivity contribution in [2.45, 2.75) is 36.1 Å². The van der Waals surface area contributed by atoms with Crippen molar-refractivity contribution >= 4 is 44.0 Å². The quantitative estimate of drug-likeness (QED) is 0.287. The Kier molecular flexibility index (Phi) is 8.60. The number of rotatable bonds is 7. The minimum absolute atomic E-state index is 0.0252. The average Bonchev–Trinajstić information content (AvgIpc) is 2.88. The Balaban J connectivity index is 1.64. The lowest BCUT2D eigenvalue weighted by Gasteiger charge is -2.42. The van der Waals surface area contributed by atoms with Crippen LogP contribution in [0.1, 0.15) is 18.9 Å². The second-order valence-electron chi connectivity index (χ2n) is 9.38. The number of allylic oxidation sites excluding steroid dienone is 4. The first-order chi connectivity index (χ1) is 18.2. The van der Waals surface area contributed by atoms with Gasteiger partial charge >= 0.3 is 6.18 Å². The normalized spacial score (nSPS) is 21.4. The van der Waals surface area contributed by atoms with Crippen LogP contribution in [-0.4, -0.2) is 64.9 Å². The number of nitrogens with zero attached hydrogens (tertiary/aromatic N) is 2. The second-order valence-corrected chi connectivity index (χ2v) is 13.3. The summed E-state index contributed by atoms with van der Waals surface area (Å²) in [6.07, 6.45) is 0.250. The Morgan fingerprint density at radius 1 is 1.15 bits per heavy atom. The van der Waals surface area contributed by atoms with Crippen LogP contribution >= 0.6 is 12.2 Å². The molecule has 4 rings (SSSR count). The fourth-order valence-electron chi connectivity index (χ4n) is 4.44. The molecule has 1 aliphatic carbocycles. The Morgan fingerprint density at radius 3 is 2.46 bits per heavy atom. The summed E-state index contributed by atoms with van der Waals surface area (Å²) in [4.78, 5) is 2.31. The predicted octanol–water partition coefficient (Wildman–Crippen LogP) is 4.44. The van der Waals surface area contributed by atoms with E-state index in [1.807, 2.05) is 0 Å². The minimum atomic E-state index is -4.89. The van der Waals surface area contributed by atoms with Crippen molar-refractivity contribution in [3.05, 3.63) is 83.0 Å². The van der Waals surface area contributed by atoms with Crippen molar-refractivity contribution in [1.82, 2.24) is 4.31 Å². The van der Waals surface area contributed by atoms with Crippen LogP contribution in [-0.2, 0) is 26.8 Å². The molecule has 1 heterocycles. The third-order valence-corrected chi connectivity index (χ3v) is 10.7. The van der Waals surface area contributed by atoms with E-state index in [1.54, 1.807) is 17.1 Å². The van der Waals surface area contributed by atoms with E-state index in [4.69, 9.17) is 12.2 Å². The zero-order valence-electron chi connectivity index (χ0n) is 20.8. The number of thiocarbonyl (C=S) groups is 1. The summed E-state index contributed by atoms with van der Waals surface area (Å²) in [5.41, 5.74) is -2.95. The molecular formula is C26H26F4N2O4S3. The highest BCUT2D eigenvalue weighted by Gasteiger charge is 2.51. The van der Waals surface area contributed by atoms with E-state index < -0.39 is 44.8 Å². The molecule has 1 N–H and O–H groups in total.